The molecule has 1 amide bonds. The lowest BCUT2D eigenvalue weighted by atomic mass is 9.88. The third-order valence-corrected chi connectivity index (χ3v) is 6.38. The van der Waals surface area contributed by atoms with Crippen LogP contribution in [-0.4, -0.2) is 16.8 Å². The van der Waals surface area contributed by atoms with Crippen molar-refractivity contribution >= 4 is 63.8 Å². The Hall–Kier alpha value is -2.08. The Morgan fingerprint density at radius 2 is 1.58 bits per heavy atom. The summed E-state index contributed by atoms with van der Waals surface area (Å²) in [6, 6.07) is 16.3. The average Bonchev–Trinajstić information content (AvgIpc) is 2.91. The number of aliphatic hydroxyl groups is 1. The first kappa shape index (κ1) is 22.1. The van der Waals surface area contributed by atoms with Crippen LogP contribution in [0.2, 0.25) is 20.1 Å². The second-order valence-electron chi connectivity index (χ2n) is 7.23. The number of fused-ring (bicyclic) bond motifs is 1. The first-order chi connectivity index (χ1) is 14.7. The number of carbonyl (C=O) groups is 2. The lowest BCUT2D eigenvalue weighted by Crippen LogP contribution is -2.41. The number of nitrogens with zero attached hydrogens (tertiary/aromatic N) is 1. The summed E-state index contributed by atoms with van der Waals surface area (Å²) in [7, 11) is 0. The molecular formula is C23H15Cl4NO3. The summed E-state index contributed by atoms with van der Waals surface area (Å²) in [4.78, 5) is 27.8. The van der Waals surface area contributed by atoms with Gasteiger partial charge in [0, 0.05) is 26.2 Å². The summed E-state index contributed by atoms with van der Waals surface area (Å²) in [6.45, 7) is 0.130. The van der Waals surface area contributed by atoms with Gasteiger partial charge in [0.1, 0.15) is 0 Å². The van der Waals surface area contributed by atoms with Gasteiger partial charge in [0.05, 0.1) is 23.7 Å². The van der Waals surface area contributed by atoms with Gasteiger partial charge in [0.2, 0.25) is 0 Å². The Kier molecular flexibility index (Phi) is 6.03. The molecule has 1 aliphatic heterocycles. The van der Waals surface area contributed by atoms with E-state index in [2.05, 4.69) is 0 Å². The summed E-state index contributed by atoms with van der Waals surface area (Å²) in [5.41, 5.74) is -0.501. The largest absolute Gasteiger partial charge is 0.375 e. The zero-order valence-corrected chi connectivity index (χ0v) is 18.9. The molecule has 0 radical (unpaired) electrons. The number of anilines is 1. The molecule has 0 aliphatic carbocycles. The van der Waals surface area contributed by atoms with Crippen molar-refractivity contribution < 1.29 is 14.7 Å². The summed E-state index contributed by atoms with van der Waals surface area (Å²) in [5.74, 6) is -1.13. The van der Waals surface area contributed by atoms with Crippen LogP contribution in [0.25, 0.3) is 0 Å². The van der Waals surface area contributed by atoms with E-state index in [1.807, 2.05) is 6.07 Å². The highest BCUT2D eigenvalue weighted by Crippen LogP contribution is 2.45. The minimum atomic E-state index is -2.10. The lowest BCUT2D eigenvalue weighted by Gasteiger charge is -2.23. The molecule has 1 N–H and O–H groups in total. The van der Waals surface area contributed by atoms with Crippen molar-refractivity contribution in [1.29, 1.82) is 0 Å². The Morgan fingerprint density at radius 3 is 2.29 bits per heavy atom. The minimum absolute atomic E-state index is 0.130. The second kappa shape index (κ2) is 8.45. The van der Waals surface area contributed by atoms with Crippen LogP contribution in [0.4, 0.5) is 5.69 Å². The number of halogens is 4. The lowest BCUT2D eigenvalue weighted by molar-refractivity contribution is -0.136. The summed E-state index contributed by atoms with van der Waals surface area (Å²) in [6.07, 6.45) is -0.500. The van der Waals surface area contributed by atoms with E-state index in [0.717, 1.165) is 0 Å². The van der Waals surface area contributed by atoms with E-state index in [1.165, 1.54) is 29.2 Å². The number of rotatable bonds is 5. The molecule has 0 saturated heterocycles. The maximum Gasteiger partial charge on any atom is 0.264 e. The van der Waals surface area contributed by atoms with E-state index in [1.54, 1.807) is 30.3 Å². The SMILES string of the molecule is O=C(C[C@@]1(O)C(=O)N(Cc2ccccc2Cl)c2ccc(Cl)cc21)c1ccc(Cl)cc1Cl. The predicted octanol–water partition coefficient (Wildman–Crippen LogP) is 6.31. The molecule has 1 aliphatic rings. The first-order valence-electron chi connectivity index (χ1n) is 9.27. The molecule has 4 rings (SSSR count). The molecule has 4 nitrogen and oxygen atoms in total. The number of ketones is 1. The van der Waals surface area contributed by atoms with Crippen molar-refractivity contribution in [2.24, 2.45) is 0 Å². The van der Waals surface area contributed by atoms with Gasteiger partial charge in [-0.3, -0.25) is 9.59 Å². The molecule has 3 aromatic carbocycles. The van der Waals surface area contributed by atoms with Gasteiger partial charge < -0.3 is 10.0 Å². The van der Waals surface area contributed by atoms with Crippen LogP contribution in [0.5, 0.6) is 0 Å². The fourth-order valence-corrected chi connectivity index (χ4v) is 4.57. The van der Waals surface area contributed by atoms with E-state index in [0.29, 0.717) is 26.3 Å². The number of hydrogen-bond acceptors (Lipinski definition) is 3. The molecule has 158 valence electrons. The topological polar surface area (TPSA) is 57.6 Å². The third kappa shape index (κ3) is 4.07. The molecule has 1 atom stereocenters. The molecule has 1 heterocycles. The summed E-state index contributed by atoms with van der Waals surface area (Å²) >= 11 is 24.5. The van der Waals surface area contributed by atoms with Gasteiger partial charge in [-0.05, 0) is 48.0 Å². The number of hydrogen-bond donors (Lipinski definition) is 1. The molecule has 0 saturated carbocycles. The van der Waals surface area contributed by atoms with Crippen LogP contribution in [0, 0.1) is 0 Å². The van der Waals surface area contributed by atoms with E-state index >= 15 is 0 Å². The molecule has 0 bridgehead atoms. The van der Waals surface area contributed by atoms with Crippen LogP contribution in [-0.2, 0) is 16.9 Å². The number of amides is 1. The smallest absolute Gasteiger partial charge is 0.264 e. The van der Waals surface area contributed by atoms with Crippen molar-refractivity contribution in [3.8, 4) is 0 Å². The maximum absolute atomic E-state index is 13.4. The monoisotopic (exact) mass is 493 g/mol. The molecular weight excluding hydrogens is 480 g/mol. The number of carbonyl (C=O) groups excluding carboxylic acids is 2. The highest BCUT2D eigenvalue weighted by molar-refractivity contribution is 6.37. The van der Waals surface area contributed by atoms with E-state index < -0.39 is 23.7 Å². The van der Waals surface area contributed by atoms with Gasteiger partial charge in [-0.25, -0.2) is 0 Å². The number of Topliss-reactive ketones (excluding diaryl/α,β-unsaturated/α-hetero) is 1. The predicted molar refractivity (Wildman–Crippen MR) is 123 cm³/mol. The standard InChI is InChI=1S/C23H15Cl4NO3/c24-14-6-8-20-17(9-14)23(31,11-21(29)16-7-5-15(25)10-19(16)27)22(30)28(20)12-13-3-1-2-4-18(13)26/h1-10,31H,11-12H2/t23-/m0/s1. The molecule has 0 spiro atoms. The number of benzene rings is 3. The second-order valence-corrected chi connectivity index (χ2v) is 8.92. The van der Waals surface area contributed by atoms with E-state index in [-0.39, 0.29) is 22.7 Å². The maximum atomic E-state index is 13.4. The van der Waals surface area contributed by atoms with Crippen LogP contribution >= 0.6 is 46.4 Å². The van der Waals surface area contributed by atoms with Gasteiger partial charge in [0.15, 0.2) is 11.4 Å². The van der Waals surface area contributed by atoms with Crippen molar-refractivity contribution in [3.05, 3.63) is 97.4 Å². The summed E-state index contributed by atoms with van der Waals surface area (Å²) < 4.78 is 0. The molecule has 0 unspecified atom stereocenters. The zero-order valence-electron chi connectivity index (χ0n) is 15.9. The minimum Gasteiger partial charge on any atom is -0.375 e. The molecule has 0 fully saturated rings. The van der Waals surface area contributed by atoms with Crippen molar-refractivity contribution in [2.45, 2.75) is 18.6 Å². The molecule has 3 aromatic rings. The molecule has 31 heavy (non-hydrogen) atoms. The van der Waals surface area contributed by atoms with Gasteiger partial charge in [0.25, 0.3) is 5.91 Å². The fourth-order valence-electron chi connectivity index (χ4n) is 3.69. The van der Waals surface area contributed by atoms with Crippen molar-refractivity contribution in [1.82, 2.24) is 0 Å². The Balaban J connectivity index is 1.73. The van der Waals surface area contributed by atoms with Gasteiger partial charge >= 0.3 is 0 Å². The van der Waals surface area contributed by atoms with Gasteiger partial charge in [-0.15, -0.1) is 0 Å². The Morgan fingerprint density at radius 1 is 0.903 bits per heavy atom. The first-order valence-corrected chi connectivity index (χ1v) is 10.8. The van der Waals surface area contributed by atoms with Crippen molar-refractivity contribution in [2.75, 3.05) is 4.90 Å². The fraction of sp³-hybridized carbons (Fsp3) is 0.130. The zero-order chi connectivity index (χ0) is 22.3. The highest BCUT2D eigenvalue weighted by atomic mass is 35.5. The van der Waals surface area contributed by atoms with E-state index in [4.69, 9.17) is 46.4 Å². The Bertz CT molecular complexity index is 1210. The third-order valence-electron chi connectivity index (χ3n) is 5.23. The normalized spacial score (nSPS) is 17.7. The van der Waals surface area contributed by atoms with Crippen LogP contribution < -0.4 is 4.90 Å². The summed E-state index contributed by atoms with van der Waals surface area (Å²) in [5, 5.41) is 12.8. The molecule has 8 heteroatoms. The Labute approximate surface area is 198 Å². The van der Waals surface area contributed by atoms with Crippen LogP contribution in [0.1, 0.15) is 27.9 Å². The highest BCUT2D eigenvalue weighted by Gasteiger charge is 2.51. The molecule has 0 aromatic heterocycles. The van der Waals surface area contributed by atoms with Gasteiger partial charge in [-0.2, -0.15) is 0 Å². The van der Waals surface area contributed by atoms with Crippen molar-refractivity contribution in [3.63, 3.8) is 0 Å². The quantitative estimate of drug-likeness (QED) is 0.423. The van der Waals surface area contributed by atoms with Gasteiger partial charge in [-0.1, -0.05) is 64.6 Å². The van der Waals surface area contributed by atoms with Crippen LogP contribution in [0.15, 0.2) is 60.7 Å². The van der Waals surface area contributed by atoms with Crippen LogP contribution in [0.3, 0.4) is 0 Å². The average molecular weight is 495 g/mol. The van der Waals surface area contributed by atoms with E-state index in [9.17, 15) is 14.7 Å².